The van der Waals surface area contributed by atoms with E-state index in [9.17, 15) is 19.2 Å². The standard InChI is InChI=1S/C27H24ClN3O5S2/c28-15-9-10-18(36-14-19(32)30-11-5-2-6-12-30)17(13-15)20-21-23(37-24-22(20)38-27(35)29-24)26(34)31(25(21)33)16-7-3-1-4-8-16/h1,3-4,7-10,13,20-21,23H,2,5-6,11-12,14H2,(H,29,35)/t20-,21-,23+/m0/s1. The number of halogens is 1. The lowest BCUT2D eigenvalue weighted by Crippen LogP contribution is -2.38. The Morgan fingerprint density at radius 1 is 1.03 bits per heavy atom. The Hall–Kier alpha value is -3.08. The normalized spacial score (nSPS) is 22.8. The van der Waals surface area contributed by atoms with E-state index < -0.39 is 17.1 Å². The van der Waals surface area contributed by atoms with Crippen LogP contribution in [0.2, 0.25) is 5.02 Å². The quantitative estimate of drug-likeness (QED) is 0.461. The summed E-state index contributed by atoms with van der Waals surface area (Å²) in [5, 5.41) is 0.260. The van der Waals surface area contributed by atoms with Crippen LogP contribution in [0.5, 0.6) is 5.75 Å². The molecule has 0 aliphatic carbocycles. The molecule has 0 bridgehead atoms. The highest BCUT2D eigenvalue weighted by Gasteiger charge is 2.56. The minimum Gasteiger partial charge on any atom is -0.483 e. The molecule has 1 N–H and O–H groups in total. The number of ether oxygens (including phenoxy) is 1. The summed E-state index contributed by atoms with van der Waals surface area (Å²) < 4.78 is 6.05. The lowest BCUT2D eigenvalue weighted by molar-refractivity contribution is -0.134. The average molecular weight is 570 g/mol. The first-order valence-electron chi connectivity index (χ1n) is 12.4. The van der Waals surface area contributed by atoms with Crippen LogP contribution >= 0.6 is 34.7 Å². The fraction of sp³-hybridized carbons (Fsp3) is 0.333. The van der Waals surface area contributed by atoms with Crippen LogP contribution in [0.4, 0.5) is 5.69 Å². The van der Waals surface area contributed by atoms with Gasteiger partial charge in [-0.1, -0.05) is 52.9 Å². The smallest absolute Gasteiger partial charge is 0.305 e. The summed E-state index contributed by atoms with van der Waals surface area (Å²) in [6.07, 6.45) is 3.07. The number of H-pyrrole nitrogens is 1. The molecule has 2 fully saturated rings. The highest BCUT2D eigenvalue weighted by atomic mass is 35.5. The van der Waals surface area contributed by atoms with Crippen molar-refractivity contribution >= 4 is 58.1 Å². The second kappa shape index (κ2) is 10.2. The number of para-hydroxylation sites is 1. The van der Waals surface area contributed by atoms with E-state index in [1.165, 1.54) is 16.7 Å². The van der Waals surface area contributed by atoms with Crippen LogP contribution in [0, 0.1) is 5.92 Å². The van der Waals surface area contributed by atoms with Crippen LogP contribution in [-0.2, 0) is 14.4 Å². The van der Waals surface area contributed by atoms with Gasteiger partial charge in [0.1, 0.15) is 11.0 Å². The first-order chi connectivity index (χ1) is 18.4. The number of rotatable bonds is 5. The average Bonchev–Trinajstić information content (AvgIpc) is 3.42. The number of hydrogen-bond donors (Lipinski definition) is 1. The number of imide groups is 1. The Morgan fingerprint density at radius 2 is 1.79 bits per heavy atom. The van der Waals surface area contributed by atoms with Crippen molar-refractivity contribution in [2.24, 2.45) is 5.92 Å². The van der Waals surface area contributed by atoms with Crippen LogP contribution in [0.3, 0.4) is 0 Å². The fourth-order valence-electron chi connectivity index (χ4n) is 5.45. The molecule has 3 atom stereocenters. The van der Waals surface area contributed by atoms with E-state index in [0.717, 1.165) is 30.6 Å². The second-order valence-corrected chi connectivity index (χ2v) is 12.1. The SMILES string of the molecule is O=C(COc1ccc(Cl)cc1[C@@H]1c2sc(=O)[nH]c2S[C@H]2C(=O)N(c3ccccc3)C(=O)[C@@H]12)N1CCCCC1. The number of aromatic nitrogens is 1. The highest BCUT2D eigenvalue weighted by Crippen LogP contribution is 2.54. The van der Waals surface area contributed by atoms with E-state index in [1.54, 1.807) is 47.4 Å². The minimum absolute atomic E-state index is 0.1000. The number of benzene rings is 2. The molecular formula is C27H24ClN3O5S2. The monoisotopic (exact) mass is 569 g/mol. The molecule has 1 aromatic heterocycles. The number of thiazole rings is 1. The molecule has 196 valence electrons. The topological polar surface area (TPSA) is 99.8 Å². The first-order valence-corrected chi connectivity index (χ1v) is 14.5. The number of piperidine rings is 1. The first kappa shape index (κ1) is 25.2. The molecule has 11 heteroatoms. The maximum atomic E-state index is 13.9. The number of carbonyl (C=O) groups is 3. The van der Waals surface area contributed by atoms with Gasteiger partial charge in [0.05, 0.1) is 16.6 Å². The Bertz CT molecular complexity index is 1470. The Balaban J connectivity index is 1.39. The molecular weight excluding hydrogens is 546 g/mol. The van der Waals surface area contributed by atoms with Gasteiger partial charge < -0.3 is 14.6 Å². The van der Waals surface area contributed by atoms with Gasteiger partial charge in [0.25, 0.3) is 5.91 Å². The largest absolute Gasteiger partial charge is 0.483 e. The van der Waals surface area contributed by atoms with Gasteiger partial charge in [-0.15, -0.1) is 0 Å². The van der Waals surface area contributed by atoms with Crippen molar-refractivity contribution < 1.29 is 19.1 Å². The number of nitrogens with zero attached hydrogens (tertiary/aromatic N) is 2. The van der Waals surface area contributed by atoms with Gasteiger partial charge in [-0.2, -0.15) is 0 Å². The van der Waals surface area contributed by atoms with Crippen LogP contribution in [-0.4, -0.2) is 52.6 Å². The molecule has 0 saturated carbocycles. The number of anilines is 1. The van der Waals surface area contributed by atoms with Crippen molar-refractivity contribution in [2.75, 3.05) is 24.6 Å². The molecule has 0 radical (unpaired) electrons. The van der Waals surface area contributed by atoms with E-state index in [0.29, 0.717) is 45.0 Å². The minimum atomic E-state index is -0.773. The lowest BCUT2D eigenvalue weighted by atomic mass is 9.82. The van der Waals surface area contributed by atoms with Crippen LogP contribution in [0.1, 0.15) is 35.6 Å². The van der Waals surface area contributed by atoms with Crippen molar-refractivity contribution in [3.63, 3.8) is 0 Å². The highest BCUT2D eigenvalue weighted by molar-refractivity contribution is 8.00. The summed E-state index contributed by atoms with van der Waals surface area (Å²) in [5.41, 5.74) is 1.08. The number of aromatic amines is 1. The van der Waals surface area contributed by atoms with Crippen molar-refractivity contribution in [1.82, 2.24) is 9.88 Å². The molecule has 3 aromatic rings. The number of likely N-dealkylation sites (tertiary alicyclic amines) is 1. The summed E-state index contributed by atoms with van der Waals surface area (Å²) in [5.74, 6) is -1.79. The zero-order chi connectivity index (χ0) is 26.4. The zero-order valence-corrected chi connectivity index (χ0v) is 22.6. The van der Waals surface area contributed by atoms with Gasteiger partial charge >= 0.3 is 4.87 Å². The number of fused-ring (bicyclic) bond motifs is 2. The van der Waals surface area contributed by atoms with E-state index >= 15 is 0 Å². The van der Waals surface area contributed by atoms with E-state index in [1.807, 2.05) is 6.07 Å². The molecule has 0 spiro atoms. The van der Waals surface area contributed by atoms with Crippen LogP contribution in [0.15, 0.2) is 58.4 Å². The Kier molecular flexibility index (Phi) is 6.79. The second-order valence-electron chi connectivity index (χ2n) is 9.51. The number of carbonyl (C=O) groups excluding carboxylic acids is 3. The van der Waals surface area contributed by atoms with Gasteiger partial charge in [0, 0.05) is 34.5 Å². The Morgan fingerprint density at radius 3 is 2.55 bits per heavy atom. The van der Waals surface area contributed by atoms with Crippen LogP contribution in [0.25, 0.3) is 0 Å². The molecule has 2 aromatic carbocycles. The van der Waals surface area contributed by atoms with Crippen LogP contribution < -0.4 is 14.5 Å². The molecule has 6 rings (SSSR count). The predicted molar refractivity (Wildman–Crippen MR) is 146 cm³/mol. The van der Waals surface area contributed by atoms with Gasteiger partial charge in [-0.25, -0.2) is 4.90 Å². The van der Waals surface area contributed by atoms with Gasteiger partial charge in [0.15, 0.2) is 6.61 Å². The van der Waals surface area contributed by atoms with Crippen molar-refractivity contribution in [2.45, 2.75) is 35.5 Å². The third-order valence-corrected chi connectivity index (χ3v) is 9.84. The molecule has 3 aliphatic rings. The lowest BCUT2D eigenvalue weighted by Gasteiger charge is -2.31. The number of thioether (sulfide) groups is 1. The summed E-state index contributed by atoms with van der Waals surface area (Å²) >= 11 is 8.65. The zero-order valence-electron chi connectivity index (χ0n) is 20.2. The van der Waals surface area contributed by atoms with Gasteiger partial charge in [-0.3, -0.25) is 19.2 Å². The Labute approximate surface area is 231 Å². The van der Waals surface area contributed by atoms with Crippen molar-refractivity contribution in [3.05, 3.63) is 73.7 Å². The van der Waals surface area contributed by atoms with E-state index in [4.69, 9.17) is 16.3 Å². The number of hydrogen-bond acceptors (Lipinski definition) is 7. The third kappa shape index (κ3) is 4.44. The molecule has 4 heterocycles. The summed E-state index contributed by atoms with van der Waals surface area (Å²) in [6.45, 7) is 1.28. The van der Waals surface area contributed by atoms with Crippen molar-refractivity contribution in [3.8, 4) is 5.75 Å². The van der Waals surface area contributed by atoms with Crippen molar-refractivity contribution in [1.29, 1.82) is 0 Å². The maximum absolute atomic E-state index is 13.9. The van der Waals surface area contributed by atoms with Gasteiger partial charge in [0.2, 0.25) is 11.8 Å². The number of nitrogens with one attached hydrogen (secondary N) is 1. The molecule has 3 aliphatic heterocycles. The summed E-state index contributed by atoms with van der Waals surface area (Å²) in [4.78, 5) is 59.0. The predicted octanol–water partition coefficient (Wildman–Crippen LogP) is 4.28. The molecule has 2 saturated heterocycles. The third-order valence-electron chi connectivity index (χ3n) is 7.21. The maximum Gasteiger partial charge on any atom is 0.305 e. The fourth-order valence-corrected chi connectivity index (χ4v) is 8.14. The molecule has 8 nitrogen and oxygen atoms in total. The van der Waals surface area contributed by atoms with E-state index in [-0.39, 0.29) is 29.2 Å². The molecule has 3 amide bonds. The number of amides is 3. The summed E-state index contributed by atoms with van der Waals surface area (Å²) in [6, 6.07) is 13.9. The van der Waals surface area contributed by atoms with Gasteiger partial charge in [-0.05, 0) is 49.6 Å². The summed E-state index contributed by atoms with van der Waals surface area (Å²) in [7, 11) is 0. The molecule has 0 unspecified atom stereocenters. The molecule has 38 heavy (non-hydrogen) atoms. The van der Waals surface area contributed by atoms with E-state index in [2.05, 4.69) is 4.98 Å².